The summed E-state index contributed by atoms with van der Waals surface area (Å²) in [6.07, 6.45) is 3.30. The third-order valence-corrected chi connectivity index (χ3v) is 2.78. The third-order valence-electron chi connectivity index (χ3n) is 2.78. The molecule has 4 heteroatoms. The van der Waals surface area contributed by atoms with Crippen molar-refractivity contribution in [2.24, 2.45) is 0 Å². The standard InChI is InChI=1S/C9H17NO3/c1-8(4-3-5-8)10-6-9(2,13)7(11)12/h10,13H,3-6H2,1-2H3,(H,11,12). The minimum absolute atomic E-state index is 0.0411. The van der Waals surface area contributed by atoms with E-state index in [1.54, 1.807) is 0 Å². The van der Waals surface area contributed by atoms with Crippen molar-refractivity contribution in [1.82, 2.24) is 5.32 Å². The molecule has 0 amide bonds. The second-order valence-electron chi connectivity index (χ2n) is 4.35. The van der Waals surface area contributed by atoms with Crippen LogP contribution in [0, 0.1) is 0 Å². The van der Waals surface area contributed by atoms with E-state index in [4.69, 9.17) is 5.11 Å². The molecule has 0 radical (unpaired) electrons. The summed E-state index contributed by atoms with van der Waals surface area (Å²) < 4.78 is 0. The van der Waals surface area contributed by atoms with Crippen molar-refractivity contribution in [2.75, 3.05) is 6.54 Å². The second kappa shape index (κ2) is 3.27. The Morgan fingerprint density at radius 1 is 1.62 bits per heavy atom. The van der Waals surface area contributed by atoms with Crippen molar-refractivity contribution in [3.63, 3.8) is 0 Å². The molecule has 0 bridgehead atoms. The highest BCUT2D eigenvalue weighted by atomic mass is 16.4. The number of aliphatic carboxylic acids is 1. The van der Waals surface area contributed by atoms with Crippen LogP contribution in [0.2, 0.25) is 0 Å². The number of carboxylic acid groups (broad SMARTS) is 1. The monoisotopic (exact) mass is 187 g/mol. The number of hydrogen-bond acceptors (Lipinski definition) is 3. The molecule has 0 saturated heterocycles. The highest BCUT2D eigenvalue weighted by Gasteiger charge is 2.36. The van der Waals surface area contributed by atoms with E-state index in [0.717, 1.165) is 12.8 Å². The molecular weight excluding hydrogens is 170 g/mol. The van der Waals surface area contributed by atoms with Crippen molar-refractivity contribution in [2.45, 2.75) is 44.2 Å². The summed E-state index contributed by atoms with van der Waals surface area (Å²) in [4.78, 5) is 10.6. The molecular formula is C9H17NO3. The number of carbonyl (C=O) groups is 1. The molecule has 1 atom stereocenters. The Hall–Kier alpha value is -0.610. The molecule has 1 fully saturated rings. The van der Waals surface area contributed by atoms with Gasteiger partial charge in [-0.3, -0.25) is 0 Å². The van der Waals surface area contributed by atoms with Gasteiger partial charge in [-0.1, -0.05) is 0 Å². The lowest BCUT2D eigenvalue weighted by Crippen LogP contribution is -2.55. The average Bonchev–Trinajstić information content (AvgIpc) is 1.97. The maximum absolute atomic E-state index is 10.6. The molecule has 1 unspecified atom stereocenters. The van der Waals surface area contributed by atoms with Gasteiger partial charge < -0.3 is 15.5 Å². The maximum Gasteiger partial charge on any atom is 0.336 e. The predicted octanol–water partition coefficient (Wildman–Crippen LogP) is 0.354. The van der Waals surface area contributed by atoms with E-state index in [2.05, 4.69) is 12.2 Å². The predicted molar refractivity (Wildman–Crippen MR) is 48.5 cm³/mol. The van der Waals surface area contributed by atoms with Crippen molar-refractivity contribution in [1.29, 1.82) is 0 Å². The Bertz CT molecular complexity index is 209. The molecule has 76 valence electrons. The fourth-order valence-corrected chi connectivity index (χ4v) is 1.34. The van der Waals surface area contributed by atoms with Gasteiger partial charge in [0.2, 0.25) is 0 Å². The Morgan fingerprint density at radius 2 is 2.15 bits per heavy atom. The van der Waals surface area contributed by atoms with E-state index < -0.39 is 11.6 Å². The molecule has 1 saturated carbocycles. The van der Waals surface area contributed by atoms with Crippen LogP contribution in [0.5, 0.6) is 0 Å². The van der Waals surface area contributed by atoms with E-state index in [1.165, 1.54) is 13.3 Å². The van der Waals surface area contributed by atoms with Gasteiger partial charge >= 0.3 is 5.97 Å². The molecule has 0 spiro atoms. The summed E-state index contributed by atoms with van der Waals surface area (Å²) in [5.74, 6) is -1.18. The molecule has 4 nitrogen and oxygen atoms in total. The lowest BCUT2D eigenvalue weighted by Gasteiger charge is -2.40. The summed E-state index contributed by atoms with van der Waals surface area (Å²) in [5.41, 5.74) is -1.61. The van der Waals surface area contributed by atoms with E-state index in [-0.39, 0.29) is 12.1 Å². The first-order valence-electron chi connectivity index (χ1n) is 4.57. The van der Waals surface area contributed by atoms with Crippen molar-refractivity contribution in [3.05, 3.63) is 0 Å². The molecule has 0 aromatic heterocycles. The van der Waals surface area contributed by atoms with Crippen molar-refractivity contribution < 1.29 is 15.0 Å². The molecule has 0 aromatic rings. The van der Waals surface area contributed by atoms with Gasteiger partial charge in [-0.2, -0.15) is 0 Å². The van der Waals surface area contributed by atoms with Gasteiger partial charge in [-0.05, 0) is 33.1 Å². The number of β-amino-alcohol motifs (C(OH)–C–C–N with tert-alkyl or cyclic N) is 1. The van der Waals surface area contributed by atoms with Crippen LogP contribution in [0.15, 0.2) is 0 Å². The zero-order valence-corrected chi connectivity index (χ0v) is 8.13. The van der Waals surface area contributed by atoms with Gasteiger partial charge in [-0.25, -0.2) is 4.79 Å². The van der Waals surface area contributed by atoms with Crippen LogP contribution in [0.25, 0.3) is 0 Å². The Balaban J connectivity index is 2.37. The molecule has 1 aliphatic carbocycles. The summed E-state index contributed by atoms with van der Waals surface area (Å²) in [6, 6.07) is 0. The van der Waals surface area contributed by atoms with Crippen molar-refractivity contribution in [3.8, 4) is 0 Å². The van der Waals surface area contributed by atoms with Gasteiger partial charge in [0.1, 0.15) is 0 Å². The topological polar surface area (TPSA) is 69.6 Å². The fraction of sp³-hybridized carbons (Fsp3) is 0.889. The Kier molecular flexibility index (Phi) is 2.63. The van der Waals surface area contributed by atoms with Gasteiger partial charge in [0.25, 0.3) is 0 Å². The summed E-state index contributed by atoms with van der Waals surface area (Å²) in [5, 5.41) is 21.1. The first-order chi connectivity index (χ1) is 5.86. The largest absolute Gasteiger partial charge is 0.479 e. The maximum atomic E-state index is 10.6. The molecule has 13 heavy (non-hydrogen) atoms. The van der Waals surface area contributed by atoms with Gasteiger partial charge in [0.15, 0.2) is 5.60 Å². The molecule has 0 aromatic carbocycles. The molecule has 1 aliphatic rings. The lowest BCUT2D eigenvalue weighted by atomic mass is 9.78. The van der Waals surface area contributed by atoms with E-state index in [1.807, 2.05) is 0 Å². The van der Waals surface area contributed by atoms with Crippen molar-refractivity contribution >= 4 is 5.97 Å². The molecule has 1 rings (SSSR count). The quantitative estimate of drug-likeness (QED) is 0.594. The number of aliphatic hydroxyl groups is 1. The normalized spacial score (nSPS) is 24.5. The summed E-state index contributed by atoms with van der Waals surface area (Å²) in [7, 11) is 0. The highest BCUT2D eigenvalue weighted by Crippen LogP contribution is 2.31. The minimum atomic E-state index is -1.65. The Morgan fingerprint density at radius 3 is 2.46 bits per heavy atom. The van der Waals surface area contributed by atoms with Gasteiger partial charge in [0, 0.05) is 12.1 Å². The lowest BCUT2D eigenvalue weighted by molar-refractivity contribution is -0.156. The molecule has 0 aliphatic heterocycles. The Labute approximate surface area is 78.0 Å². The highest BCUT2D eigenvalue weighted by molar-refractivity contribution is 5.76. The van der Waals surface area contributed by atoms with E-state index in [0.29, 0.717) is 0 Å². The number of carboxylic acids is 1. The van der Waals surface area contributed by atoms with Crippen LogP contribution in [-0.2, 0) is 4.79 Å². The number of hydrogen-bond donors (Lipinski definition) is 3. The SMILES string of the molecule is CC1(NCC(C)(O)C(=O)O)CCC1. The smallest absolute Gasteiger partial charge is 0.336 e. The molecule has 3 N–H and O–H groups in total. The van der Waals surface area contributed by atoms with Crippen LogP contribution in [-0.4, -0.2) is 33.9 Å². The zero-order valence-electron chi connectivity index (χ0n) is 8.13. The van der Waals surface area contributed by atoms with Crippen LogP contribution in [0.3, 0.4) is 0 Å². The molecule has 0 heterocycles. The van der Waals surface area contributed by atoms with Crippen LogP contribution < -0.4 is 5.32 Å². The van der Waals surface area contributed by atoms with Gasteiger partial charge in [0.05, 0.1) is 0 Å². The van der Waals surface area contributed by atoms with Crippen LogP contribution in [0.4, 0.5) is 0 Å². The fourth-order valence-electron chi connectivity index (χ4n) is 1.34. The van der Waals surface area contributed by atoms with Crippen LogP contribution in [0.1, 0.15) is 33.1 Å². The summed E-state index contributed by atoms with van der Waals surface area (Å²) >= 11 is 0. The average molecular weight is 187 g/mol. The second-order valence-corrected chi connectivity index (χ2v) is 4.35. The van der Waals surface area contributed by atoms with E-state index >= 15 is 0 Å². The summed E-state index contributed by atoms with van der Waals surface area (Å²) in [6.45, 7) is 3.47. The number of rotatable bonds is 4. The van der Waals surface area contributed by atoms with Gasteiger partial charge in [-0.15, -0.1) is 0 Å². The third kappa shape index (κ3) is 2.42. The van der Waals surface area contributed by atoms with Crippen LogP contribution >= 0.6 is 0 Å². The van der Waals surface area contributed by atoms with E-state index in [9.17, 15) is 9.90 Å². The minimum Gasteiger partial charge on any atom is -0.479 e. The first-order valence-corrected chi connectivity index (χ1v) is 4.57. The zero-order chi connectivity index (χ0) is 10.1. The first kappa shape index (κ1) is 10.5. The number of nitrogens with one attached hydrogen (secondary N) is 1.